The standard InChI is InChI=1S/C22H36N2O2/c1-5-9-12-17(7-3)21(25)23-19-14-11-15-20(16-19)24-22(26)18(8-4)13-10-6-2/h11,14-18H,5-10,12-13H2,1-4H3,(H,23,25)(H,24,26)/t17-,18-/m1/s1. The molecule has 0 aliphatic rings. The molecule has 0 unspecified atom stereocenters. The minimum atomic E-state index is 0.0479. The molecule has 4 heteroatoms. The van der Waals surface area contributed by atoms with Crippen LogP contribution in [0.4, 0.5) is 11.4 Å². The van der Waals surface area contributed by atoms with Gasteiger partial charge in [-0.3, -0.25) is 9.59 Å². The number of anilines is 2. The largest absolute Gasteiger partial charge is 0.326 e. The van der Waals surface area contributed by atoms with E-state index in [1.165, 1.54) is 0 Å². The van der Waals surface area contributed by atoms with Crippen LogP contribution in [0.1, 0.15) is 79.1 Å². The Morgan fingerprint density at radius 2 is 1.23 bits per heavy atom. The third-order valence-electron chi connectivity index (χ3n) is 4.94. The number of nitrogens with one attached hydrogen (secondary N) is 2. The highest BCUT2D eigenvalue weighted by atomic mass is 16.2. The fourth-order valence-electron chi connectivity index (χ4n) is 3.11. The lowest BCUT2D eigenvalue weighted by molar-refractivity contribution is -0.120. The molecule has 0 heterocycles. The van der Waals surface area contributed by atoms with Crippen LogP contribution in [0.5, 0.6) is 0 Å². The molecular formula is C22H36N2O2. The molecule has 0 saturated carbocycles. The summed E-state index contributed by atoms with van der Waals surface area (Å²) in [6.07, 6.45) is 7.87. The number of amides is 2. The maximum atomic E-state index is 12.5. The van der Waals surface area contributed by atoms with Crippen LogP contribution >= 0.6 is 0 Å². The van der Waals surface area contributed by atoms with Gasteiger partial charge in [-0.25, -0.2) is 0 Å². The molecule has 0 aromatic heterocycles. The van der Waals surface area contributed by atoms with Crippen molar-refractivity contribution in [3.8, 4) is 0 Å². The van der Waals surface area contributed by atoms with Crippen molar-refractivity contribution in [1.29, 1.82) is 0 Å². The Hall–Kier alpha value is -1.84. The number of carbonyl (C=O) groups is 2. The SMILES string of the molecule is CCCC[C@@H](CC)C(=O)Nc1cccc(NC(=O)[C@H](CC)CCCC)c1. The molecule has 0 radical (unpaired) electrons. The van der Waals surface area contributed by atoms with E-state index in [9.17, 15) is 9.59 Å². The summed E-state index contributed by atoms with van der Waals surface area (Å²) in [7, 11) is 0. The second-order valence-electron chi connectivity index (χ2n) is 7.05. The van der Waals surface area contributed by atoms with E-state index < -0.39 is 0 Å². The highest BCUT2D eigenvalue weighted by molar-refractivity contribution is 5.95. The van der Waals surface area contributed by atoms with Gasteiger partial charge in [-0.15, -0.1) is 0 Å². The van der Waals surface area contributed by atoms with Crippen molar-refractivity contribution in [1.82, 2.24) is 0 Å². The topological polar surface area (TPSA) is 58.2 Å². The van der Waals surface area contributed by atoms with E-state index in [1.54, 1.807) is 0 Å². The molecule has 2 amide bonds. The quantitative estimate of drug-likeness (QED) is 0.480. The van der Waals surface area contributed by atoms with Crippen LogP contribution in [0.25, 0.3) is 0 Å². The molecule has 0 spiro atoms. The molecule has 1 rings (SSSR count). The van der Waals surface area contributed by atoms with Crippen molar-refractivity contribution in [2.45, 2.75) is 79.1 Å². The molecule has 0 bridgehead atoms. The second kappa shape index (κ2) is 12.5. The number of benzene rings is 1. The first-order valence-corrected chi connectivity index (χ1v) is 10.3. The maximum Gasteiger partial charge on any atom is 0.227 e. The third-order valence-corrected chi connectivity index (χ3v) is 4.94. The molecule has 146 valence electrons. The Kier molecular flexibility index (Phi) is 10.7. The van der Waals surface area contributed by atoms with E-state index in [4.69, 9.17) is 0 Å². The molecule has 0 aliphatic carbocycles. The summed E-state index contributed by atoms with van der Waals surface area (Å²) in [6.45, 7) is 8.39. The smallest absolute Gasteiger partial charge is 0.227 e. The summed E-state index contributed by atoms with van der Waals surface area (Å²) < 4.78 is 0. The Balaban J connectivity index is 2.69. The van der Waals surface area contributed by atoms with Gasteiger partial charge < -0.3 is 10.6 Å². The van der Waals surface area contributed by atoms with E-state index in [0.717, 1.165) is 62.7 Å². The van der Waals surface area contributed by atoms with Crippen molar-refractivity contribution in [2.75, 3.05) is 10.6 Å². The van der Waals surface area contributed by atoms with Crippen LogP contribution in [0, 0.1) is 11.8 Å². The van der Waals surface area contributed by atoms with Gasteiger partial charge in [-0.2, -0.15) is 0 Å². The predicted molar refractivity (Wildman–Crippen MR) is 110 cm³/mol. The van der Waals surface area contributed by atoms with Crippen molar-refractivity contribution in [3.63, 3.8) is 0 Å². The summed E-state index contributed by atoms with van der Waals surface area (Å²) in [5.74, 6) is 0.232. The number of unbranched alkanes of at least 4 members (excludes halogenated alkanes) is 2. The van der Waals surface area contributed by atoms with E-state index in [1.807, 2.05) is 24.3 Å². The predicted octanol–water partition coefficient (Wildman–Crippen LogP) is 6.00. The average Bonchev–Trinajstić information content (AvgIpc) is 2.63. The lowest BCUT2D eigenvalue weighted by atomic mass is 9.98. The fraction of sp³-hybridized carbons (Fsp3) is 0.636. The molecule has 26 heavy (non-hydrogen) atoms. The van der Waals surface area contributed by atoms with E-state index in [0.29, 0.717) is 0 Å². The van der Waals surface area contributed by atoms with E-state index in [2.05, 4.69) is 38.3 Å². The van der Waals surface area contributed by atoms with Crippen molar-refractivity contribution in [2.24, 2.45) is 11.8 Å². The van der Waals surface area contributed by atoms with Crippen molar-refractivity contribution < 1.29 is 9.59 Å². The molecule has 1 aromatic carbocycles. The minimum absolute atomic E-state index is 0.0479. The van der Waals surface area contributed by atoms with Gasteiger partial charge in [-0.1, -0.05) is 59.4 Å². The molecule has 0 saturated heterocycles. The summed E-state index contributed by atoms with van der Waals surface area (Å²) in [5.41, 5.74) is 1.48. The molecule has 0 aliphatic heterocycles. The third kappa shape index (κ3) is 7.59. The highest BCUT2D eigenvalue weighted by Gasteiger charge is 2.17. The van der Waals surface area contributed by atoms with Crippen molar-refractivity contribution >= 4 is 23.2 Å². The number of rotatable bonds is 12. The van der Waals surface area contributed by atoms with Gasteiger partial charge in [0.25, 0.3) is 0 Å². The first-order valence-electron chi connectivity index (χ1n) is 10.3. The number of carbonyl (C=O) groups excluding carboxylic acids is 2. The Labute approximate surface area is 159 Å². The first kappa shape index (κ1) is 22.2. The molecular weight excluding hydrogens is 324 g/mol. The van der Waals surface area contributed by atoms with Crippen LogP contribution in [-0.4, -0.2) is 11.8 Å². The molecule has 2 N–H and O–H groups in total. The van der Waals surface area contributed by atoms with E-state index in [-0.39, 0.29) is 23.7 Å². The zero-order valence-corrected chi connectivity index (χ0v) is 16.9. The van der Waals surface area contributed by atoms with Crippen LogP contribution < -0.4 is 10.6 Å². The van der Waals surface area contributed by atoms with Gasteiger partial charge in [0.2, 0.25) is 11.8 Å². The Morgan fingerprint density at radius 3 is 1.58 bits per heavy atom. The van der Waals surface area contributed by atoms with E-state index >= 15 is 0 Å². The molecule has 0 fully saturated rings. The Morgan fingerprint density at radius 1 is 0.808 bits per heavy atom. The summed E-state index contributed by atoms with van der Waals surface area (Å²) in [5, 5.41) is 6.01. The molecule has 4 nitrogen and oxygen atoms in total. The maximum absolute atomic E-state index is 12.5. The lowest BCUT2D eigenvalue weighted by Crippen LogP contribution is -2.23. The van der Waals surface area contributed by atoms with Crippen molar-refractivity contribution in [3.05, 3.63) is 24.3 Å². The number of hydrogen-bond acceptors (Lipinski definition) is 2. The van der Waals surface area contributed by atoms with Crippen LogP contribution in [0.15, 0.2) is 24.3 Å². The first-order chi connectivity index (χ1) is 12.5. The summed E-state index contributed by atoms with van der Waals surface area (Å²) in [4.78, 5) is 24.9. The summed E-state index contributed by atoms with van der Waals surface area (Å²) >= 11 is 0. The van der Waals surface area contributed by atoms with Gasteiger partial charge >= 0.3 is 0 Å². The van der Waals surface area contributed by atoms with Gasteiger partial charge in [-0.05, 0) is 43.9 Å². The highest BCUT2D eigenvalue weighted by Crippen LogP contribution is 2.21. The minimum Gasteiger partial charge on any atom is -0.326 e. The molecule has 1 aromatic rings. The number of hydrogen-bond donors (Lipinski definition) is 2. The van der Waals surface area contributed by atoms with Gasteiger partial charge in [0.15, 0.2) is 0 Å². The zero-order chi connectivity index (χ0) is 19.4. The van der Waals surface area contributed by atoms with Crippen LogP contribution in [0.2, 0.25) is 0 Å². The monoisotopic (exact) mass is 360 g/mol. The van der Waals surface area contributed by atoms with Crippen LogP contribution in [-0.2, 0) is 9.59 Å². The summed E-state index contributed by atoms with van der Waals surface area (Å²) in [6, 6.07) is 7.45. The van der Waals surface area contributed by atoms with Crippen LogP contribution in [0.3, 0.4) is 0 Å². The molecule has 2 atom stereocenters. The normalized spacial score (nSPS) is 13.1. The van der Waals surface area contributed by atoms with Gasteiger partial charge in [0.05, 0.1) is 0 Å². The Bertz CT molecular complexity index is 512. The second-order valence-corrected chi connectivity index (χ2v) is 7.05. The van der Waals surface area contributed by atoms with Gasteiger partial charge in [0, 0.05) is 23.2 Å². The lowest BCUT2D eigenvalue weighted by Gasteiger charge is -2.17. The fourth-order valence-corrected chi connectivity index (χ4v) is 3.11. The average molecular weight is 361 g/mol. The zero-order valence-electron chi connectivity index (χ0n) is 16.9. The van der Waals surface area contributed by atoms with Gasteiger partial charge in [0.1, 0.15) is 0 Å².